The molecule has 1 heterocycles. The highest BCUT2D eigenvalue weighted by Crippen LogP contribution is 2.63. The first-order valence-electron chi connectivity index (χ1n) is 12.0. The predicted octanol–water partition coefficient (Wildman–Crippen LogP) is 3.81. The number of nitrogens with one attached hydrogen (secondary N) is 2. The van der Waals surface area contributed by atoms with Crippen LogP contribution in [-0.4, -0.2) is 44.7 Å². The van der Waals surface area contributed by atoms with Gasteiger partial charge in [-0.3, -0.25) is 9.59 Å². The average molecular weight is 523 g/mol. The molecule has 2 bridgehead atoms. The second kappa shape index (κ2) is 9.30. The quantitative estimate of drug-likeness (QED) is 0.501. The largest absolute Gasteiger partial charge is 0.391 e. The van der Waals surface area contributed by atoms with Crippen LogP contribution in [-0.2, 0) is 4.79 Å². The first-order valence-corrected chi connectivity index (χ1v) is 12.4. The molecule has 192 valence electrons. The maximum absolute atomic E-state index is 15.1. The van der Waals surface area contributed by atoms with E-state index in [0.29, 0.717) is 12.8 Å². The highest BCUT2D eigenvalue weighted by Gasteiger charge is 2.59. The summed E-state index contributed by atoms with van der Waals surface area (Å²) < 4.78 is 45.2. The highest BCUT2D eigenvalue weighted by molar-refractivity contribution is 6.30. The van der Waals surface area contributed by atoms with Crippen molar-refractivity contribution in [3.8, 4) is 0 Å². The molecule has 36 heavy (non-hydrogen) atoms. The summed E-state index contributed by atoms with van der Waals surface area (Å²) >= 11 is 5.95. The fourth-order valence-electron chi connectivity index (χ4n) is 6.22. The second-order valence-corrected chi connectivity index (χ2v) is 10.7. The normalized spacial score (nSPS) is 31.9. The lowest BCUT2D eigenvalue weighted by molar-refractivity contribution is -0.127. The SMILES string of the molecule is O=C(N[C@H]1C[C@@H](C(=O)NC(c2c(F)ccc(Cl)c2F)C23CCC(F)(CC2)C3)C[C@H]1O)c1cncnc1. The fraction of sp³-hybridized carbons (Fsp3) is 0.520. The first-order chi connectivity index (χ1) is 17.1. The molecule has 3 aliphatic rings. The number of alkyl halides is 1. The Bertz CT molecular complexity index is 1180. The van der Waals surface area contributed by atoms with Crippen LogP contribution in [0.15, 0.2) is 30.9 Å². The molecule has 0 radical (unpaired) electrons. The summed E-state index contributed by atoms with van der Waals surface area (Å²) in [5.74, 6) is -3.56. The molecule has 3 saturated carbocycles. The van der Waals surface area contributed by atoms with Gasteiger partial charge in [-0.05, 0) is 62.5 Å². The van der Waals surface area contributed by atoms with E-state index in [9.17, 15) is 19.1 Å². The van der Waals surface area contributed by atoms with Gasteiger partial charge < -0.3 is 15.7 Å². The van der Waals surface area contributed by atoms with Crippen LogP contribution in [0.1, 0.15) is 66.9 Å². The average Bonchev–Trinajstić information content (AvgIpc) is 3.52. The number of carbonyl (C=O) groups excluding carboxylic acids is 2. The second-order valence-electron chi connectivity index (χ2n) is 10.3. The summed E-state index contributed by atoms with van der Waals surface area (Å²) in [4.78, 5) is 33.4. The third-order valence-electron chi connectivity index (χ3n) is 8.12. The maximum Gasteiger partial charge on any atom is 0.254 e. The third kappa shape index (κ3) is 4.45. The number of benzene rings is 1. The van der Waals surface area contributed by atoms with Crippen molar-refractivity contribution in [3.63, 3.8) is 0 Å². The molecular weight excluding hydrogens is 497 g/mol. The van der Waals surface area contributed by atoms with Gasteiger partial charge in [0.15, 0.2) is 0 Å². The zero-order valence-electron chi connectivity index (χ0n) is 19.3. The highest BCUT2D eigenvalue weighted by atomic mass is 35.5. The smallest absolute Gasteiger partial charge is 0.254 e. The van der Waals surface area contributed by atoms with Crippen LogP contribution in [0.5, 0.6) is 0 Å². The number of hydrogen-bond donors (Lipinski definition) is 3. The van der Waals surface area contributed by atoms with E-state index < -0.39 is 58.6 Å². The molecule has 3 fully saturated rings. The van der Waals surface area contributed by atoms with Crippen LogP contribution < -0.4 is 10.6 Å². The van der Waals surface area contributed by atoms with Gasteiger partial charge in [-0.25, -0.2) is 23.1 Å². The lowest BCUT2D eigenvalue weighted by Crippen LogP contribution is -2.43. The minimum atomic E-state index is -1.41. The molecule has 3 aliphatic carbocycles. The number of aromatic nitrogens is 2. The number of amides is 2. The Morgan fingerprint density at radius 1 is 1.11 bits per heavy atom. The van der Waals surface area contributed by atoms with E-state index in [1.165, 1.54) is 18.7 Å². The number of hydrogen-bond acceptors (Lipinski definition) is 5. The Morgan fingerprint density at radius 3 is 2.44 bits per heavy atom. The van der Waals surface area contributed by atoms with Crippen LogP contribution in [0, 0.1) is 23.0 Å². The van der Waals surface area contributed by atoms with Gasteiger partial charge in [0, 0.05) is 23.9 Å². The molecule has 11 heteroatoms. The molecule has 2 aromatic rings. The summed E-state index contributed by atoms with van der Waals surface area (Å²) in [6, 6.07) is 0.326. The molecule has 3 N–H and O–H groups in total. The number of halogens is 4. The van der Waals surface area contributed by atoms with E-state index in [0.717, 1.165) is 12.1 Å². The summed E-state index contributed by atoms with van der Waals surface area (Å²) in [7, 11) is 0. The van der Waals surface area contributed by atoms with E-state index in [1.807, 2.05) is 0 Å². The van der Waals surface area contributed by atoms with Gasteiger partial charge in [0.25, 0.3) is 5.91 Å². The number of fused-ring (bicyclic) bond motifs is 2. The van der Waals surface area contributed by atoms with Crippen molar-refractivity contribution >= 4 is 23.4 Å². The molecule has 7 nitrogen and oxygen atoms in total. The molecular formula is C25H26ClF3N4O3. The van der Waals surface area contributed by atoms with E-state index in [1.54, 1.807) is 0 Å². The fourth-order valence-corrected chi connectivity index (χ4v) is 6.39. The van der Waals surface area contributed by atoms with Crippen LogP contribution in [0.4, 0.5) is 13.2 Å². The van der Waals surface area contributed by atoms with Crippen molar-refractivity contribution < 1.29 is 27.9 Å². The molecule has 4 atom stereocenters. The van der Waals surface area contributed by atoms with E-state index in [2.05, 4.69) is 20.6 Å². The number of aliphatic hydroxyl groups is 1. The number of aliphatic hydroxyl groups excluding tert-OH is 1. The van der Waals surface area contributed by atoms with Gasteiger partial charge in [0.1, 0.15) is 23.6 Å². The Kier molecular flexibility index (Phi) is 6.45. The summed E-state index contributed by atoms with van der Waals surface area (Å²) in [5.41, 5.74) is -2.40. The van der Waals surface area contributed by atoms with Gasteiger partial charge >= 0.3 is 0 Å². The van der Waals surface area contributed by atoms with Crippen molar-refractivity contribution in [1.29, 1.82) is 0 Å². The predicted molar refractivity (Wildman–Crippen MR) is 124 cm³/mol. The Hall–Kier alpha value is -2.72. The van der Waals surface area contributed by atoms with Gasteiger partial charge in [0.2, 0.25) is 5.91 Å². The van der Waals surface area contributed by atoms with Crippen molar-refractivity contribution in [2.75, 3.05) is 0 Å². The topological polar surface area (TPSA) is 104 Å². The first kappa shape index (κ1) is 25.0. The van der Waals surface area contributed by atoms with E-state index in [4.69, 9.17) is 11.6 Å². The lowest BCUT2D eigenvalue weighted by Gasteiger charge is -2.37. The van der Waals surface area contributed by atoms with Crippen molar-refractivity contribution in [1.82, 2.24) is 20.6 Å². The lowest BCUT2D eigenvalue weighted by atomic mass is 9.74. The summed E-state index contributed by atoms with van der Waals surface area (Å²) in [6.07, 6.45) is 4.52. The third-order valence-corrected chi connectivity index (χ3v) is 8.41. The Morgan fingerprint density at radius 2 is 1.81 bits per heavy atom. The Labute approximate surface area is 210 Å². The van der Waals surface area contributed by atoms with Crippen molar-refractivity contribution in [2.45, 2.75) is 68.8 Å². The zero-order chi connectivity index (χ0) is 25.7. The van der Waals surface area contributed by atoms with E-state index in [-0.39, 0.29) is 48.3 Å². The van der Waals surface area contributed by atoms with Crippen LogP contribution in [0.25, 0.3) is 0 Å². The number of rotatable bonds is 6. The molecule has 1 aromatic carbocycles. The molecule has 5 rings (SSSR count). The van der Waals surface area contributed by atoms with Crippen LogP contribution in [0.2, 0.25) is 5.02 Å². The van der Waals surface area contributed by atoms with Crippen molar-refractivity contribution in [2.24, 2.45) is 11.3 Å². The van der Waals surface area contributed by atoms with Gasteiger partial charge in [-0.15, -0.1) is 0 Å². The summed E-state index contributed by atoms with van der Waals surface area (Å²) in [6.45, 7) is 0. The zero-order valence-corrected chi connectivity index (χ0v) is 20.1. The number of nitrogens with zero attached hydrogens (tertiary/aromatic N) is 2. The Balaban J connectivity index is 1.36. The van der Waals surface area contributed by atoms with Crippen LogP contribution in [0.3, 0.4) is 0 Å². The molecule has 1 aromatic heterocycles. The van der Waals surface area contributed by atoms with Gasteiger partial charge in [-0.2, -0.15) is 0 Å². The molecule has 0 aliphatic heterocycles. The molecule has 2 amide bonds. The maximum atomic E-state index is 15.1. The van der Waals surface area contributed by atoms with E-state index >= 15 is 8.78 Å². The van der Waals surface area contributed by atoms with Crippen molar-refractivity contribution in [3.05, 3.63) is 58.6 Å². The standard InChI is InChI=1S/C25H26ClF3N4O3/c26-15-1-2-16(27)19(20(15)28)21(24-3-5-25(29,11-24)6-4-24)33-22(35)13-7-17(18(34)8-13)32-23(36)14-9-30-12-31-10-14/h1-2,9-10,12-13,17-18,21,34H,3-8,11H2,(H,32,36)(H,33,35)/t13-,17+,18-,21?,24?,25?/m1/s1. The minimum absolute atomic E-state index is 0.0509. The monoisotopic (exact) mass is 522 g/mol. The molecule has 0 saturated heterocycles. The molecule has 1 unspecified atom stereocenters. The van der Waals surface area contributed by atoms with Gasteiger partial charge in [0.05, 0.1) is 28.8 Å². The van der Waals surface area contributed by atoms with Gasteiger partial charge in [-0.1, -0.05) is 11.6 Å². The molecule has 0 spiro atoms. The minimum Gasteiger partial charge on any atom is -0.391 e. The van der Waals surface area contributed by atoms with Crippen LogP contribution >= 0.6 is 11.6 Å². The number of carbonyl (C=O) groups is 2. The summed E-state index contributed by atoms with van der Waals surface area (Å²) in [5, 5.41) is 15.7.